The SMILES string of the molecule is Cc1ccc(-n2c(CN(C)c3ccc(F)cc3)cnc2SCCN(C)c2ccncc2)cc1. The van der Waals surface area contributed by atoms with Crippen molar-refractivity contribution in [1.82, 2.24) is 14.5 Å². The van der Waals surface area contributed by atoms with Crippen LogP contribution in [0.2, 0.25) is 0 Å². The maximum atomic E-state index is 13.3. The van der Waals surface area contributed by atoms with Crippen molar-refractivity contribution in [1.29, 1.82) is 0 Å². The topological polar surface area (TPSA) is 37.2 Å². The summed E-state index contributed by atoms with van der Waals surface area (Å²) >= 11 is 1.74. The van der Waals surface area contributed by atoms with E-state index in [0.29, 0.717) is 6.54 Å². The van der Waals surface area contributed by atoms with Crippen LogP contribution < -0.4 is 9.80 Å². The molecule has 2 heterocycles. The minimum atomic E-state index is -0.229. The van der Waals surface area contributed by atoms with Crippen LogP contribution in [0.25, 0.3) is 5.69 Å². The van der Waals surface area contributed by atoms with Gasteiger partial charge in [0.1, 0.15) is 5.82 Å². The summed E-state index contributed by atoms with van der Waals surface area (Å²) in [7, 11) is 4.10. The van der Waals surface area contributed by atoms with Gasteiger partial charge in [0.25, 0.3) is 0 Å². The third kappa shape index (κ3) is 5.73. The number of anilines is 2. The maximum Gasteiger partial charge on any atom is 0.172 e. The van der Waals surface area contributed by atoms with Gasteiger partial charge >= 0.3 is 0 Å². The van der Waals surface area contributed by atoms with Gasteiger partial charge in [0.15, 0.2) is 5.16 Å². The molecule has 170 valence electrons. The maximum absolute atomic E-state index is 13.3. The highest BCUT2D eigenvalue weighted by molar-refractivity contribution is 7.99. The summed E-state index contributed by atoms with van der Waals surface area (Å²) in [5.41, 5.74) is 5.49. The van der Waals surface area contributed by atoms with E-state index in [1.165, 1.54) is 17.7 Å². The second-order valence-electron chi connectivity index (χ2n) is 8.01. The Morgan fingerprint density at radius 1 is 0.879 bits per heavy atom. The molecule has 0 fully saturated rings. The van der Waals surface area contributed by atoms with E-state index in [0.717, 1.165) is 40.2 Å². The summed E-state index contributed by atoms with van der Waals surface area (Å²) in [6.07, 6.45) is 5.56. The second-order valence-corrected chi connectivity index (χ2v) is 9.07. The van der Waals surface area contributed by atoms with E-state index in [1.54, 1.807) is 23.9 Å². The van der Waals surface area contributed by atoms with E-state index in [4.69, 9.17) is 4.98 Å². The molecule has 2 aromatic carbocycles. The number of nitrogens with zero attached hydrogens (tertiary/aromatic N) is 5. The first-order chi connectivity index (χ1) is 16.0. The Hall–Kier alpha value is -3.32. The van der Waals surface area contributed by atoms with Gasteiger partial charge in [0.2, 0.25) is 0 Å². The predicted molar refractivity (Wildman–Crippen MR) is 135 cm³/mol. The number of thioether (sulfide) groups is 1. The lowest BCUT2D eigenvalue weighted by Gasteiger charge is -2.21. The smallest absolute Gasteiger partial charge is 0.172 e. The molecule has 0 spiro atoms. The zero-order valence-electron chi connectivity index (χ0n) is 19.1. The van der Waals surface area contributed by atoms with Gasteiger partial charge < -0.3 is 9.80 Å². The minimum Gasteiger partial charge on any atom is -0.374 e. The second kappa shape index (κ2) is 10.5. The van der Waals surface area contributed by atoms with Gasteiger partial charge in [-0.3, -0.25) is 9.55 Å². The average Bonchev–Trinajstić information content (AvgIpc) is 3.22. The van der Waals surface area contributed by atoms with Crippen LogP contribution in [0, 0.1) is 12.7 Å². The molecule has 0 aliphatic heterocycles. The van der Waals surface area contributed by atoms with Crippen molar-refractivity contribution in [3.63, 3.8) is 0 Å². The number of hydrogen-bond donors (Lipinski definition) is 0. The summed E-state index contributed by atoms with van der Waals surface area (Å²) < 4.78 is 15.6. The molecule has 0 radical (unpaired) electrons. The number of aryl methyl sites for hydroxylation is 1. The Bertz CT molecular complexity index is 1160. The molecule has 0 saturated heterocycles. The molecule has 0 N–H and O–H groups in total. The van der Waals surface area contributed by atoms with Crippen molar-refractivity contribution >= 4 is 23.1 Å². The molecule has 0 unspecified atom stereocenters. The van der Waals surface area contributed by atoms with Crippen molar-refractivity contribution in [2.24, 2.45) is 0 Å². The van der Waals surface area contributed by atoms with Crippen molar-refractivity contribution in [2.45, 2.75) is 18.6 Å². The number of hydrogen-bond acceptors (Lipinski definition) is 5. The highest BCUT2D eigenvalue weighted by atomic mass is 32.2. The van der Waals surface area contributed by atoms with Crippen molar-refractivity contribution in [2.75, 3.05) is 36.2 Å². The molecule has 33 heavy (non-hydrogen) atoms. The van der Waals surface area contributed by atoms with Crippen LogP contribution in [-0.4, -0.2) is 40.9 Å². The third-order valence-corrected chi connectivity index (χ3v) is 6.46. The van der Waals surface area contributed by atoms with Gasteiger partial charge in [-0.1, -0.05) is 29.5 Å². The zero-order chi connectivity index (χ0) is 23.2. The van der Waals surface area contributed by atoms with Gasteiger partial charge in [0, 0.05) is 55.8 Å². The Labute approximate surface area is 198 Å². The molecular weight excluding hydrogens is 433 g/mol. The summed E-state index contributed by atoms with van der Waals surface area (Å²) in [6, 6.07) is 19.1. The Balaban J connectivity index is 1.53. The lowest BCUT2D eigenvalue weighted by atomic mass is 10.2. The Kier molecular flexibility index (Phi) is 7.29. The first kappa shape index (κ1) is 22.9. The highest BCUT2D eigenvalue weighted by Crippen LogP contribution is 2.26. The third-order valence-electron chi connectivity index (χ3n) is 5.52. The lowest BCUT2D eigenvalue weighted by molar-refractivity contribution is 0.627. The fourth-order valence-corrected chi connectivity index (χ4v) is 4.61. The first-order valence-electron chi connectivity index (χ1n) is 10.9. The zero-order valence-corrected chi connectivity index (χ0v) is 20.0. The van der Waals surface area contributed by atoms with Crippen molar-refractivity contribution in [3.8, 4) is 5.69 Å². The van der Waals surface area contributed by atoms with Gasteiger partial charge in [-0.2, -0.15) is 0 Å². The van der Waals surface area contributed by atoms with Crippen LogP contribution in [0.15, 0.2) is 84.4 Å². The van der Waals surface area contributed by atoms with Gasteiger partial charge in [-0.05, 0) is 55.5 Å². The largest absolute Gasteiger partial charge is 0.374 e. The number of imidazole rings is 1. The normalized spacial score (nSPS) is 10.9. The molecule has 0 aliphatic carbocycles. The predicted octanol–water partition coefficient (Wildman–Crippen LogP) is 5.58. The number of rotatable bonds is 9. The fraction of sp³-hybridized carbons (Fsp3) is 0.231. The molecule has 0 amide bonds. The van der Waals surface area contributed by atoms with Crippen LogP contribution >= 0.6 is 11.8 Å². The van der Waals surface area contributed by atoms with Gasteiger partial charge in [-0.25, -0.2) is 9.37 Å². The minimum absolute atomic E-state index is 0.229. The molecule has 2 aromatic heterocycles. The number of benzene rings is 2. The first-order valence-corrected chi connectivity index (χ1v) is 11.8. The molecule has 4 rings (SSSR count). The molecule has 0 atom stereocenters. The lowest BCUT2D eigenvalue weighted by Crippen LogP contribution is -2.20. The van der Waals surface area contributed by atoms with Crippen LogP contribution in [0.1, 0.15) is 11.3 Å². The Morgan fingerprint density at radius 3 is 2.24 bits per heavy atom. The monoisotopic (exact) mass is 461 g/mol. The van der Waals surface area contributed by atoms with Crippen molar-refractivity contribution in [3.05, 3.63) is 96.3 Å². The van der Waals surface area contributed by atoms with E-state index in [1.807, 2.05) is 37.8 Å². The van der Waals surface area contributed by atoms with Gasteiger partial charge in [-0.15, -0.1) is 0 Å². The van der Waals surface area contributed by atoms with E-state index >= 15 is 0 Å². The fourth-order valence-electron chi connectivity index (χ4n) is 3.58. The van der Waals surface area contributed by atoms with Gasteiger partial charge in [0.05, 0.1) is 18.4 Å². The number of pyridine rings is 1. The van der Waals surface area contributed by atoms with E-state index in [9.17, 15) is 4.39 Å². The summed E-state index contributed by atoms with van der Waals surface area (Å²) in [5.74, 6) is 0.668. The molecule has 0 bridgehead atoms. The standard InChI is InChI=1S/C26H28FN5S/c1-20-4-8-24(9-5-20)32-25(19-31(3)22-10-6-21(27)7-11-22)18-29-26(32)33-17-16-30(2)23-12-14-28-15-13-23/h4-15,18H,16-17,19H2,1-3H3. The van der Waals surface area contributed by atoms with Crippen molar-refractivity contribution < 1.29 is 4.39 Å². The Morgan fingerprint density at radius 2 is 1.55 bits per heavy atom. The average molecular weight is 462 g/mol. The molecule has 0 saturated carbocycles. The summed E-state index contributed by atoms with van der Waals surface area (Å²) in [4.78, 5) is 13.2. The molecule has 4 aromatic rings. The molecule has 7 heteroatoms. The molecule has 5 nitrogen and oxygen atoms in total. The summed E-state index contributed by atoms with van der Waals surface area (Å²) in [5, 5.41) is 0.962. The van der Waals surface area contributed by atoms with E-state index in [2.05, 4.69) is 57.6 Å². The number of halogens is 1. The van der Waals surface area contributed by atoms with Crippen LogP contribution in [-0.2, 0) is 6.54 Å². The molecule has 0 aliphatic rings. The number of aromatic nitrogens is 3. The summed E-state index contributed by atoms with van der Waals surface area (Å²) in [6.45, 7) is 3.63. The van der Waals surface area contributed by atoms with Crippen LogP contribution in [0.3, 0.4) is 0 Å². The quantitative estimate of drug-likeness (QED) is 0.304. The van der Waals surface area contributed by atoms with Crippen LogP contribution in [0.4, 0.5) is 15.8 Å². The highest BCUT2D eigenvalue weighted by Gasteiger charge is 2.15. The van der Waals surface area contributed by atoms with E-state index in [-0.39, 0.29) is 5.82 Å². The van der Waals surface area contributed by atoms with E-state index < -0.39 is 0 Å². The molecular formula is C26H28FN5S. The van der Waals surface area contributed by atoms with Crippen LogP contribution in [0.5, 0.6) is 0 Å².